The van der Waals surface area contributed by atoms with Crippen molar-refractivity contribution in [3.63, 3.8) is 0 Å². The van der Waals surface area contributed by atoms with Gasteiger partial charge in [0.05, 0.1) is 4.92 Å². The van der Waals surface area contributed by atoms with E-state index in [0.717, 1.165) is 11.1 Å². The molecule has 0 spiro atoms. The number of pyridine rings is 1. The second kappa shape index (κ2) is 5.34. The van der Waals surface area contributed by atoms with E-state index in [0.29, 0.717) is 10.8 Å². The number of ether oxygens (including phenoxy) is 1. The number of halogens is 1. The number of hydrogen-bond acceptors (Lipinski definition) is 5. The van der Waals surface area contributed by atoms with Gasteiger partial charge in [-0.1, -0.05) is 11.6 Å². The normalized spacial score (nSPS) is 10.3. The summed E-state index contributed by atoms with van der Waals surface area (Å²) in [5, 5.41) is 11.6. The number of nitrogen functional groups attached to an aromatic ring is 1. The van der Waals surface area contributed by atoms with Crippen LogP contribution in [0.5, 0.6) is 11.6 Å². The molecule has 0 radical (unpaired) electrons. The first-order valence-electron chi connectivity index (χ1n) is 5.74. The molecule has 0 saturated carbocycles. The Morgan fingerprint density at radius 2 is 1.90 bits per heavy atom. The monoisotopic (exact) mass is 293 g/mol. The number of nitrogens with zero attached hydrogens (tertiary/aromatic N) is 2. The summed E-state index contributed by atoms with van der Waals surface area (Å²) >= 11 is 6.06. The van der Waals surface area contributed by atoms with Crippen molar-refractivity contribution in [3.05, 3.63) is 50.5 Å². The number of nitrogens with two attached hydrogens (primary N) is 1. The number of aryl methyl sites for hydroxylation is 2. The predicted octanol–water partition coefficient (Wildman–Crippen LogP) is 3.63. The van der Waals surface area contributed by atoms with Crippen molar-refractivity contribution in [2.45, 2.75) is 13.8 Å². The van der Waals surface area contributed by atoms with Gasteiger partial charge in [0.1, 0.15) is 11.6 Å². The lowest BCUT2D eigenvalue weighted by atomic mass is 10.1. The molecule has 104 valence electrons. The van der Waals surface area contributed by atoms with Crippen LogP contribution in [0, 0.1) is 24.0 Å². The van der Waals surface area contributed by atoms with Crippen LogP contribution < -0.4 is 10.5 Å². The summed E-state index contributed by atoms with van der Waals surface area (Å²) in [6, 6.07) is 5.98. The summed E-state index contributed by atoms with van der Waals surface area (Å²) in [6.45, 7) is 3.65. The fourth-order valence-corrected chi connectivity index (χ4v) is 1.85. The van der Waals surface area contributed by atoms with Crippen LogP contribution in [-0.2, 0) is 0 Å². The van der Waals surface area contributed by atoms with Gasteiger partial charge in [-0.3, -0.25) is 10.1 Å². The Morgan fingerprint density at radius 1 is 1.30 bits per heavy atom. The minimum atomic E-state index is -0.572. The minimum Gasteiger partial charge on any atom is -0.434 e. The first kappa shape index (κ1) is 14.1. The number of hydrogen-bond donors (Lipinski definition) is 1. The smallest absolute Gasteiger partial charge is 0.331 e. The standard InChI is InChI=1S/C13H12ClN3O3/c1-7-5-9(6-8(2)12(7)14)20-13-10(17(18)19)3-4-11(15)16-13/h3-6H,1-2H3,(H2,15,16). The molecule has 0 saturated heterocycles. The highest BCUT2D eigenvalue weighted by molar-refractivity contribution is 6.32. The van der Waals surface area contributed by atoms with Crippen molar-refractivity contribution < 1.29 is 9.66 Å². The van der Waals surface area contributed by atoms with Gasteiger partial charge in [-0.05, 0) is 43.2 Å². The molecule has 0 amide bonds. The molecule has 0 unspecified atom stereocenters. The predicted molar refractivity (Wildman–Crippen MR) is 76.3 cm³/mol. The molecule has 1 aromatic heterocycles. The molecule has 2 aromatic rings. The van der Waals surface area contributed by atoms with E-state index in [1.807, 2.05) is 13.8 Å². The zero-order valence-electron chi connectivity index (χ0n) is 10.9. The van der Waals surface area contributed by atoms with E-state index in [1.54, 1.807) is 12.1 Å². The molecular formula is C13H12ClN3O3. The van der Waals surface area contributed by atoms with E-state index in [4.69, 9.17) is 22.1 Å². The Labute approximate surface area is 120 Å². The second-order valence-electron chi connectivity index (χ2n) is 4.29. The van der Waals surface area contributed by atoms with E-state index in [-0.39, 0.29) is 17.4 Å². The van der Waals surface area contributed by atoms with Gasteiger partial charge in [-0.15, -0.1) is 0 Å². The van der Waals surface area contributed by atoms with Crippen molar-refractivity contribution in [2.75, 3.05) is 5.73 Å². The molecule has 6 nitrogen and oxygen atoms in total. The molecule has 0 fully saturated rings. The van der Waals surface area contributed by atoms with Crippen molar-refractivity contribution >= 4 is 23.1 Å². The van der Waals surface area contributed by atoms with Gasteiger partial charge in [0, 0.05) is 11.1 Å². The van der Waals surface area contributed by atoms with E-state index in [9.17, 15) is 10.1 Å². The number of aromatic nitrogens is 1. The summed E-state index contributed by atoms with van der Waals surface area (Å²) in [4.78, 5) is 14.2. The maximum Gasteiger partial charge on any atom is 0.331 e. The Hall–Kier alpha value is -2.34. The molecule has 2 N–H and O–H groups in total. The fraction of sp³-hybridized carbons (Fsp3) is 0.154. The fourth-order valence-electron chi connectivity index (χ4n) is 1.74. The highest BCUT2D eigenvalue weighted by Gasteiger charge is 2.18. The zero-order chi connectivity index (χ0) is 14.9. The van der Waals surface area contributed by atoms with Crippen LogP contribution in [0.3, 0.4) is 0 Å². The van der Waals surface area contributed by atoms with E-state index < -0.39 is 4.92 Å². The van der Waals surface area contributed by atoms with Gasteiger partial charge in [-0.2, -0.15) is 4.98 Å². The second-order valence-corrected chi connectivity index (χ2v) is 4.67. The summed E-state index contributed by atoms with van der Waals surface area (Å²) in [7, 11) is 0. The van der Waals surface area contributed by atoms with Gasteiger partial charge in [0.2, 0.25) is 0 Å². The highest BCUT2D eigenvalue weighted by Crippen LogP contribution is 2.33. The molecule has 1 aromatic carbocycles. The molecule has 0 aliphatic rings. The van der Waals surface area contributed by atoms with Gasteiger partial charge in [0.25, 0.3) is 0 Å². The van der Waals surface area contributed by atoms with Crippen LogP contribution in [0.25, 0.3) is 0 Å². The Bertz CT molecular complexity index is 666. The maximum atomic E-state index is 10.9. The Morgan fingerprint density at radius 3 is 2.45 bits per heavy atom. The molecule has 1 heterocycles. The van der Waals surface area contributed by atoms with Gasteiger partial charge >= 0.3 is 11.6 Å². The molecule has 20 heavy (non-hydrogen) atoms. The molecule has 0 aliphatic heterocycles. The van der Waals surface area contributed by atoms with Crippen LogP contribution in [0.15, 0.2) is 24.3 Å². The van der Waals surface area contributed by atoms with Crippen LogP contribution in [0.1, 0.15) is 11.1 Å². The molecule has 2 rings (SSSR count). The third-order valence-electron chi connectivity index (χ3n) is 2.68. The van der Waals surface area contributed by atoms with Crippen LogP contribution in [-0.4, -0.2) is 9.91 Å². The molecule has 0 atom stereocenters. The van der Waals surface area contributed by atoms with Gasteiger partial charge in [-0.25, -0.2) is 0 Å². The Balaban J connectivity index is 2.44. The quantitative estimate of drug-likeness (QED) is 0.689. The highest BCUT2D eigenvalue weighted by atomic mass is 35.5. The van der Waals surface area contributed by atoms with E-state index in [2.05, 4.69) is 4.98 Å². The lowest BCUT2D eigenvalue weighted by Crippen LogP contribution is -1.99. The third-order valence-corrected chi connectivity index (χ3v) is 3.28. The molecule has 7 heteroatoms. The maximum absolute atomic E-state index is 10.9. The topological polar surface area (TPSA) is 91.3 Å². The summed E-state index contributed by atoms with van der Waals surface area (Å²) in [6.07, 6.45) is 0. The first-order valence-corrected chi connectivity index (χ1v) is 6.12. The number of anilines is 1. The lowest BCUT2D eigenvalue weighted by Gasteiger charge is -2.09. The van der Waals surface area contributed by atoms with Crippen molar-refractivity contribution in [1.29, 1.82) is 0 Å². The van der Waals surface area contributed by atoms with Crippen molar-refractivity contribution in [1.82, 2.24) is 4.98 Å². The van der Waals surface area contributed by atoms with E-state index in [1.165, 1.54) is 12.1 Å². The average Bonchev–Trinajstić information content (AvgIpc) is 2.35. The average molecular weight is 294 g/mol. The first-order chi connectivity index (χ1) is 9.38. The SMILES string of the molecule is Cc1cc(Oc2nc(N)ccc2[N+](=O)[O-])cc(C)c1Cl. The number of benzene rings is 1. The Kier molecular flexibility index (Phi) is 3.76. The molecular weight excluding hydrogens is 282 g/mol. The molecule has 0 bridgehead atoms. The third kappa shape index (κ3) is 2.80. The van der Waals surface area contributed by atoms with Gasteiger partial charge in [0.15, 0.2) is 0 Å². The minimum absolute atomic E-state index is 0.142. The zero-order valence-corrected chi connectivity index (χ0v) is 11.6. The van der Waals surface area contributed by atoms with Crippen LogP contribution in [0.4, 0.5) is 11.5 Å². The summed E-state index contributed by atoms with van der Waals surface area (Å²) in [5.74, 6) is 0.426. The van der Waals surface area contributed by atoms with Crippen molar-refractivity contribution in [2.24, 2.45) is 0 Å². The largest absolute Gasteiger partial charge is 0.434 e. The number of nitro groups is 1. The summed E-state index contributed by atoms with van der Waals surface area (Å²) < 4.78 is 5.48. The van der Waals surface area contributed by atoms with Crippen LogP contribution >= 0.6 is 11.6 Å². The number of rotatable bonds is 3. The van der Waals surface area contributed by atoms with Crippen LogP contribution in [0.2, 0.25) is 5.02 Å². The van der Waals surface area contributed by atoms with E-state index >= 15 is 0 Å². The molecule has 0 aliphatic carbocycles. The van der Waals surface area contributed by atoms with Gasteiger partial charge < -0.3 is 10.5 Å². The summed E-state index contributed by atoms with van der Waals surface area (Å²) in [5.41, 5.74) is 6.91. The van der Waals surface area contributed by atoms with Crippen molar-refractivity contribution in [3.8, 4) is 11.6 Å². The lowest BCUT2D eigenvalue weighted by molar-refractivity contribution is -0.386.